The molecule has 2 aliphatic rings. The Morgan fingerprint density at radius 3 is 2.64 bits per heavy atom. The molecule has 82 valence electrons. The van der Waals surface area contributed by atoms with Crippen molar-refractivity contribution < 1.29 is 4.74 Å². The predicted octanol–water partition coefficient (Wildman–Crippen LogP) is 1.90. The van der Waals surface area contributed by atoms with Gasteiger partial charge in [0.2, 0.25) is 0 Å². The minimum atomic E-state index is 0.584. The molecule has 0 aromatic rings. The molecule has 0 saturated heterocycles. The van der Waals surface area contributed by atoms with Gasteiger partial charge in [-0.2, -0.15) is 11.8 Å². The van der Waals surface area contributed by atoms with Crippen molar-refractivity contribution in [3.05, 3.63) is 0 Å². The van der Waals surface area contributed by atoms with E-state index in [2.05, 4.69) is 11.6 Å². The predicted molar refractivity (Wildman–Crippen MR) is 61.9 cm³/mol. The van der Waals surface area contributed by atoms with Gasteiger partial charge in [-0.3, -0.25) is 0 Å². The van der Waals surface area contributed by atoms with Crippen LogP contribution >= 0.6 is 11.8 Å². The minimum Gasteiger partial charge on any atom is -0.383 e. The fourth-order valence-electron chi connectivity index (χ4n) is 1.95. The van der Waals surface area contributed by atoms with Gasteiger partial charge in [-0.25, -0.2) is 0 Å². The van der Waals surface area contributed by atoms with Crippen molar-refractivity contribution in [3.63, 3.8) is 0 Å². The molecule has 2 rings (SSSR count). The average Bonchev–Trinajstić information content (AvgIpc) is 3.05. The van der Waals surface area contributed by atoms with Crippen LogP contribution in [0.2, 0.25) is 0 Å². The molecule has 2 nitrogen and oxygen atoms in total. The summed E-state index contributed by atoms with van der Waals surface area (Å²) in [5.74, 6) is 0.896. The van der Waals surface area contributed by atoms with Gasteiger partial charge in [-0.15, -0.1) is 0 Å². The molecule has 2 saturated carbocycles. The largest absolute Gasteiger partial charge is 0.383 e. The third-order valence-corrected chi connectivity index (χ3v) is 4.88. The molecule has 0 bridgehead atoms. The Morgan fingerprint density at radius 1 is 1.50 bits per heavy atom. The minimum absolute atomic E-state index is 0.584. The Balaban J connectivity index is 1.71. The van der Waals surface area contributed by atoms with E-state index in [9.17, 15) is 0 Å². The number of nitrogens with one attached hydrogen (secondary N) is 1. The van der Waals surface area contributed by atoms with Crippen molar-refractivity contribution >= 4 is 11.8 Å². The molecule has 3 heteroatoms. The standard InChI is InChI=1S/C11H21NOS/c1-13-7-10(9-3-4-9)12-8-11(14-2)5-6-11/h9-10,12H,3-8H2,1-2H3. The van der Waals surface area contributed by atoms with Crippen molar-refractivity contribution in [2.45, 2.75) is 36.5 Å². The van der Waals surface area contributed by atoms with E-state index in [4.69, 9.17) is 4.74 Å². The van der Waals surface area contributed by atoms with Crippen LogP contribution in [-0.2, 0) is 4.74 Å². The van der Waals surface area contributed by atoms with Crippen LogP contribution < -0.4 is 5.32 Å². The summed E-state index contributed by atoms with van der Waals surface area (Å²) in [5.41, 5.74) is 0. The van der Waals surface area contributed by atoms with Gasteiger partial charge in [-0.05, 0) is 37.9 Å². The lowest BCUT2D eigenvalue weighted by atomic mass is 10.2. The fourth-order valence-corrected chi connectivity index (χ4v) is 2.69. The normalized spacial score (nSPS) is 26.1. The number of ether oxygens (including phenoxy) is 1. The van der Waals surface area contributed by atoms with Crippen LogP contribution in [0.3, 0.4) is 0 Å². The molecule has 0 spiro atoms. The lowest BCUT2D eigenvalue weighted by Crippen LogP contribution is -2.39. The van der Waals surface area contributed by atoms with Gasteiger partial charge in [0.1, 0.15) is 0 Å². The van der Waals surface area contributed by atoms with Gasteiger partial charge < -0.3 is 10.1 Å². The second kappa shape index (κ2) is 4.42. The zero-order valence-corrected chi connectivity index (χ0v) is 10.0. The van der Waals surface area contributed by atoms with Crippen molar-refractivity contribution in [1.29, 1.82) is 0 Å². The Labute approximate surface area is 91.2 Å². The Kier molecular flexibility index (Phi) is 3.40. The van der Waals surface area contributed by atoms with E-state index in [0.717, 1.165) is 12.5 Å². The smallest absolute Gasteiger partial charge is 0.0618 e. The number of hydrogen-bond donors (Lipinski definition) is 1. The van der Waals surface area contributed by atoms with Crippen molar-refractivity contribution in [1.82, 2.24) is 5.32 Å². The van der Waals surface area contributed by atoms with Crippen molar-refractivity contribution in [2.75, 3.05) is 26.5 Å². The number of thioether (sulfide) groups is 1. The topological polar surface area (TPSA) is 21.3 Å². The van der Waals surface area contributed by atoms with E-state index in [-0.39, 0.29) is 0 Å². The molecule has 1 atom stereocenters. The Bertz CT molecular complexity index is 190. The van der Waals surface area contributed by atoms with Gasteiger partial charge in [0.25, 0.3) is 0 Å². The molecule has 0 radical (unpaired) electrons. The van der Waals surface area contributed by atoms with Crippen LogP contribution in [0.4, 0.5) is 0 Å². The molecular formula is C11H21NOS. The first-order chi connectivity index (χ1) is 6.79. The number of hydrogen-bond acceptors (Lipinski definition) is 3. The van der Waals surface area contributed by atoms with Crippen molar-refractivity contribution in [2.24, 2.45) is 5.92 Å². The summed E-state index contributed by atoms with van der Waals surface area (Å²) in [4.78, 5) is 0. The van der Waals surface area contributed by atoms with Gasteiger partial charge >= 0.3 is 0 Å². The molecule has 2 fully saturated rings. The van der Waals surface area contributed by atoms with Gasteiger partial charge in [0, 0.05) is 24.4 Å². The van der Waals surface area contributed by atoms with Crippen molar-refractivity contribution in [3.8, 4) is 0 Å². The molecule has 0 aromatic carbocycles. The van der Waals surface area contributed by atoms with Gasteiger partial charge in [0.15, 0.2) is 0 Å². The molecule has 0 heterocycles. The highest BCUT2D eigenvalue weighted by atomic mass is 32.2. The maximum absolute atomic E-state index is 5.26. The summed E-state index contributed by atoms with van der Waals surface area (Å²) in [7, 11) is 1.80. The first-order valence-corrected chi connectivity index (χ1v) is 6.80. The first-order valence-electron chi connectivity index (χ1n) is 5.57. The molecule has 1 N–H and O–H groups in total. The lowest BCUT2D eigenvalue weighted by Gasteiger charge is -2.21. The van der Waals surface area contributed by atoms with Crippen LogP contribution in [0.25, 0.3) is 0 Å². The molecule has 0 amide bonds. The zero-order chi connectivity index (χ0) is 10.0. The highest BCUT2D eigenvalue weighted by Gasteiger charge is 2.42. The van der Waals surface area contributed by atoms with E-state index in [1.165, 1.54) is 32.2 Å². The van der Waals surface area contributed by atoms with Crippen LogP contribution in [0, 0.1) is 5.92 Å². The zero-order valence-electron chi connectivity index (χ0n) is 9.21. The Hall–Kier alpha value is 0.270. The lowest BCUT2D eigenvalue weighted by molar-refractivity contribution is 0.157. The fraction of sp³-hybridized carbons (Fsp3) is 1.00. The van der Waals surface area contributed by atoms with E-state index in [1.54, 1.807) is 7.11 Å². The second-order valence-electron chi connectivity index (χ2n) is 4.67. The number of methoxy groups -OCH3 is 1. The van der Waals surface area contributed by atoms with Crippen LogP contribution in [-0.4, -0.2) is 37.3 Å². The van der Waals surface area contributed by atoms with Gasteiger partial charge in [0.05, 0.1) is 6.61 Å². The quantitative estimate of drug-likeness (QED) is 0.701. The monoisotopic (exact) mass is 215 g/mol. The molecule has 1 unspecified atom stereocenters. The van der Waals surface area contributed by atoms with Gasteiger partial charge in [-0.1, -0.05) is 0 Å². The third-order valence-electron chi connectivity index (χ3n) is 3.46. The summed E-state index contributed by atoms with van der Waals surface area (Å²) in [6, 6.07) is 0.615. The molecular weight excluding hydrogens is 194 g/mol. The maximum atomic E-state index is 5.26. The van der Waals surface area contributed by atoms with E-state index >= 15 is 0 Å². The molecule has 0 aliphatic heterocycles. The summed E-state index contributed by atoms with van der Waals surface area (Å²) < 4.78 is 5.84. The first kappa shape index (κ1) is 10.8. The Morgan fingerprint density at radius 2 is 2.21 bits per heavy atom. The highest BCUT2D eigenvalue weighted by Crippen LogP contribution is 2.46. The van der Waals surface area contributed by atoms with Crippen LogP contribution in [0.5, 0.6) is 0 Å². The highest BCUT2D eigenvalue weighted by molar-refractivity contribution is 8.00. The summed E-state index contributed by atoms with van der Waals surface area (Å²) >= 11 is 2.03. The van der Waals surface area contributed by atoms with E-state index in [1.807, 2.05) is 11.8 Å². The van der Waals surface area contributed by atoms with E-state index in [0.29, 0.717) is 10.8 Å². The average molecular weight is 215 g/mol. The van der Waals surface area contributed by atoms with E-state index < -0.39 is 0 Å². The maximum Gasteiger partial charge on any atom is 0.0618 e. The summed E-state index contributed by atoms with van der Waals surface area (Å²) in [5, 5.41) is 3.69. The molecule has 2 aliphatic carbocycles. The van der Waals surface area contributed by atoms with Crippen LogP contribution in [0.1, 0.15) is 25.7 Å². The SMILES string of the molecule is COCC(NCC1(SC)CC1)C1CC1. The molecule has 14 heavy (non-hydrogen) atoms. The third kappa shape index (κ3) is 2.65. The van der Waals surface area contributed by atoms with Crippen LogP contribution in [0.15, 0.2) is 0 Å². The summed E-state index contributed by atoms with van der Waals surface area (Å²) in [6.07, 6.45) is 7.81. The summed E-state index contributed by atoms with van der Waals surface area (Å²) in [6.45, 7) is 2.06. The molecule has 0 aromatic heterocycles. The number of rotatable bonds is 7. The second-order valence-corrected chi connectivity index (χ2v) is 5.94.